The molecule has 1 aliphatic heterocycles. The van der Waals surface area contributed by atoms with Crippen LogP contribution in [-0.4, -0.2) is 23.9 Å². The van der Waals surface area contributed by atoms with Crippen LogP contribution in [-0.2, 0) is 14.3 Å². The summed E-state index contributed by atoms with van der Waals surface area (Å²) in [6.45, 7) is 1.56. The van der Waals surface area contributed by atoms with Gasteiger partial charge in [0.1, 0.15) is 0 Å². The number of nitrogens with two attached hydrogens (primary N) is 1. The Morgan fingerprint density at radius 3 is 2.60 bits per heavy atom. The van der Waals surface area contributed by atoms with Crippen molar-refractivity contribution in [3.8, 4) is 0 Å². The summed E-state index contributed by atoms with van der Waals surface area (Å²) in [4.78, 5) is 21.5. The van der Waals surface area contributed by atoms with Gasteiger partial charge < -0.3 is 10.5 Å². The van der Waals surface area contributed by atoms with E-state index in [0.29, 0.717) is 6.42 Å². The van der Waals surface area contributed by atoms with Gasteiger partial charge in [0.15, 0.2) is 11.3 Å². The fourth-order valence-electron chi connectivity index (χ4n) is 0.855. The lowest BCUT2D eigenvalue weighted by Crippen LogP contribution is -2.50. The molecule has 1 atom stereocenters. The number of ether oxygens (including phenoxy) is 1. The third-order valence-electron chi connectivity index (χ3n) is 1.72. The van der Waals surface area contributed by atoms with Crippen LogP contribution in [0, 0.1) is 0 Å². The minimum Gasteiger partial charge on any atom is -0.464 e. The second kappa shape index (κ2) is 2.05. The van der Waals surface area contributed by atoms with E-state index in [0.717, 1.165) is 0 Å². The maximum absolute atomic E-state index is 10.8. The number of carbonyl (C=O) groups is 2. The molecule has 0 aromatic rings. The monoisotopic (exact) mass is 143 g/mol. The molecule has 0 aromatic heterocycles. The van der Waals surface area contributed by atoms with E-state index >= 15 is 0 Å². The summed E-state index contributed by atoms with van der Waals surface area (Å²) >= 11 is 0. The summed E-state index contributed by atoms with van der Waals surface area (Å²) in [6, 6.07) is 0. The van der Waals surface area contributed by atoms with Crippen molar-refractivity contribution in [1.29, 1.82) is 0 Å². The average Bonchev–Trinajstić information content (AvgIpc) is 2.15. The second-order valence-electron chi connectivity index (χ2n) is 2.41. The first kappa shape index (κ1) is 7.21. The van der Waals surface area contributed by atoms with Gasteiger partial charge in [-0.2, -0.15) is 0 Å². The van der Waals surface area contributed by atoms with Crippen LogP contribution < -0.4 is 5.73 Å². The van der Waals surface area contributed by atoms with Gasteiger partial charge in [0.2, 0.25) is 0 Å². The summed E-state index contributed by atoms with van der Waals surface area (Å²) in [5.74, 6) is -0.921. The third kappa shape index (κ3) is 0.806. The van der Waals surface area contributed by atoms with Crippen LogP contribution in [0.3, 0.4) is 0 Å². The highest BCUT2D eigenvalue weighted by Crippen LogP contribution is 2.17. The molecule has 0 saturated carbocycles. The van der Waals surface area contributed by atoms with Gasteiger partial charge in [-0.05, 0) is 6.92 Å². The number of rotatable bonds is 1. The van der Waals surface area contributed by atoms with Crippen LogP contribution in [0.1, 0.15) is 13.3 Å². The lowest BCUT2D eigenvalue weighted by molar-refractivity contribution is -0.145. The minimum atomic E-state index is -1.35. The zero-order chi connectivity index (χ0) is 7.78. The Hall–Kier alpha value is -0.900. The Bertz CT molecular complexity index is 189. The van der Waals surface area contributed by atoms with Gasteiger partial charge in [-0.1, -0.05) is 0 Å². The van der Waals surface area contributed by atoms with Gasteiger partial charge in [0.25, 0.3) is 0 Å². The van der Waals surface area contributed by atoms with Gasteiger partial charge in [-0.15, -0.1) is 0 Å². The molecular weight excluding hydrogens is 134 g/mol. The summed E-state index contributed by atoms with van der Waals surface area (Å²) < 4.78 is 4.54. The molecule has 0 bridgehead atoms. The molecule has 4 nitrogen and oxygen atoms in total. The molecular formula is C6H9NO3. The summed E-state index contributed by atoms with van der Waals surface area (Å²) in [6.07, 6.45) is 0.307. The second-order valence-corrected chi connectivity index (χ2v) is 2.41. The van der Waals surface area contributed by atoms with Crippen molar-refractivity contribution >= 4 is 11.8 Å². The highest BCUT2D eigenvalue weighted by molar-refractivity contribution is 6.08. The zero-order valence-corrected chi connectivity index (χ0v) is 5.72. The average molecular weight is 143 g/mol. The Morgan fingerprint density at radius 1 is 1.80 bits per heavy atom. The molecule has 1 saturated heterocycles. The molecule has 0 amide bonds. The molecule has 0 radical (unpaired) electrons. The smallest absolute Gasteiger partial charge is 0.334 e. The summed E-state index contributed by atoms with van der Waals surface area (Å²) in [5, 5.41) is 0. The van der Waals surface area contributed by atoms with E-state index in [2.05, 4.69) is 4.74 Å². The van der Waals surface area contributed by atoms with Crippen molar-refractivity contribution in [1.82, 2.24) is 0 Å². The van der Waals surface area contributed by atoms with Gasteiger partial charge in [-0.3, -0.25) is 4.79 Å². The van der Waals surface area contributed by atoms with Gasteiger partial charge >= 0.3 is 5.97 Å². The number of hydrogen-bond donors (Lipinski definition) is 1. The van der Waals surface area contributed by atoms with Crippen molar-refractivity contribution in [2.24, 2.45) is 5.73 Å². The standard InChI is InChI=1S/C6H9NO3/c1-4(8)6(7)2-3-10-5(6)9/h2-3,7H2,1H3. The van der Waals surface area contributed by atoms with E-state index in [1.807, 2.05) is 0 Å². The molecule has 1 fully saturated rings. The first-order valence-electron chi connectivity index (χ1n) is 3.04. The molecule has 4 heteroatoms. The maximum atomic E-state index is 10.8. The molecule has 0 aliphatic carbocycles. The number of ketones is 1. The summed E-state index contributed by atoms with van der Waals surface area (Å²) in [7, 11) is 0. The third-order valence-corrected chi connectivity index (χ3v) is 1.72. The normalized spacial score (nSPS) is 32.0. The van der Waals surface area contributed by atoms with Crippen molar-refractivity contribution in [3.05, 3.63) is 0 Å². The molecule has 1 aliphatic rings. The number of hydrogen-bond acceptors (Lipinski definition) is 4. The Labute approximate surface area is 58.3 Å². The van der Waals surface area contributed by atoms with E-state index in [1.165, 1.54) is 6.92 Å². The minimum absolute atomic E-state index is 0.259. The van der Waals surface area contributed by atoms with Gasteiger partial charge in [-0.25, -0.2) is 4.79 Å². The number of carbonyl (C=O) groups excluding carboxylic acids is 2. The highest BCUT2D eigenvalue weighted by Gasteiger charge is 2.45. The molecule has 1 rings (SSSR count). The lowest BCUT2D eigenvalue weighted by atomic mass is 9.95. The van der Waals surface area contributed by atoms with Crippen LogP contribution in [0.2, 0.25) is 0 Å². The van der Waals surface area contributed by atoms with Crippen molar-refractivity contribution < 1.29 is 14.3 Å². The van der Waals surface area contributed by atoms with Crippen molar-refractivity contribution in [3.63, 3.8) is 0 Å². The Kier molecular flexibility index (Phi) is 1.48. The predicted molar refractivity (Wildman–Crippen MR) is 33.2 cm³/mol. The molecule has 1 unspecified atom stereocenters. The number of esters is 1. The maximum Gasteiger partial charge on any atom is 0.334 e. The van der Waals surface area contributed by atoms with Crippen molar-refractivity contribution in [2.45, 2.75) is 18.9 Å². The van der Waals surface area contributed by atoms with Crippen molar-refractivity contribution in [2.75, 3.05) is 6.61 Å². The predicted octanol–water partition coefficient (Wildman–Crippen LogP) is -0.780. The zero-order valence-electron chi connectivity index (χ0n) is 5.72. The molecule has 0 spiro atoms. The fourth-order valence-corrected chi connectivity index (χ4v) is 0.855. The van der Waals surface area contributed by atoms with E-state index in [9.17, 15) is 9.59 Å². The molecule has 10 heavy (non-hydrogen) atoms. The van der Waals surface area contributed by atoms with Crippen LogP contribution >= 0.6 is 0 Å². The lowest BCUT2D eigenvalue weighted by Gasteiger charge is -2.12. The number of cyclic esters (lactones) is 1. The quantitative estimate of drug-likeness (QED) is 0.386. The molecule has 1 heterocycles. The largest absolute Gasteiger partial charge is 0.464 e. The van der Waals surface area contributed by atoms with Gasteiger partial charge in [0, 0.05) is 6.42 Å². The topological polar surface area (TPSA) is 69.4 Å². The van der Waals surface area contributed by atoms with E-state index in [4.69, 9.17) is 5.73 Å². The van der Waals surface area contributed by atoms with E-state index in [1.54, 1.807) is 0 Å². The van der Waals surface area contributed by atoms with E-state index < -0.39 is 11.5 Å². The highest BCUT2D eigenvalue weighted by atomic mass is 16.5. The Morgan fingerprint density at radius 2 is 2.40 bits per heavy atom. The summed E-state index contributed by atoms with van der Waals surface area (Å²) in [5.41, 5.74) is 4.07. The SMILES string of the molecule is CC(=O)C1(N)CCOC1=O. The molecule has 0 aromatic carbocycles. The molecule has 2 N–H and O–H groups in total. The number of Topliss-reactive ketones (excluding diaryl/α,β-unsaturated/α-hetero) is 1. The Balaban J connectivity index is 2.86. The van der Waals surface area contributed by atoms with E-state index in [-0.39, 0.29) is 12.4 Å². The van der Waals surface area contributed by atoms with Crippen LogP contribution in [0.5, 0.6) is 0 Å². The van der Waals surface area contributed by atoms with Crippen LogP contribution in [0.4, 0.5) is 0 Å². The van der Waals surface area contributed by atoms with Crippen LogP contribution in [0.15, 0.2) is 0 Å². The first-order valence-corrected chi connectivity index (χ1v) is 3.04. The van der Waals surface area contributed by atoms with Crippen LogP contribution in [0.25, 0.3) is 0 Å². The fraction of sp³-hybridized carbons (Fsp3) is 0.667. The molecule has 56 valence electrons. The van der Waals surface area contributed by atoms with Gasteiger partial charge in [0.05, 0.1) is 6.61 Å². The first-order chi connectivity index (χ1) is 4.57.